The molecule has 0 spiro atoms. The number of thiol groups is 1. The Morgan fingerprint density at radius 1 is 1.14 bits per heavy atom. The van der Waals surface area contributed by atoms with Crippen LogP contribution in [-0.2, 0) is 6.61 Å². The number of aryl methyl sites for hydroxylation is 2. The summed E-state index contributed by atoms with van der Waals surface area (Å²) >= 11 is 4.40. The lowest BCUT2D eigenvalue weighted by Gasteiger charge is -2.13. The van der Waals surface area contributed by atoms with Gasteiger partial charge >= 0.3 is 6.09 Å². The van der Waals surface area contributed by atoms with Gasteiger partial charge in [0.25, 0.3) is 0 Å². The van der Waals surface area contributed by atoms with Gasteiger partial charge in [0, 0.05) is 17.5 Å². The lowest BCUT2D eigenvalue weighted by Crippen LogP contribution is -2.22. The molecule has 0 saturated heterocycles. The van der Waals surface area contributed by atoms with E-state index in [1.165, 1.54) is 7.05 Å². The molecule has 0 atom stereocenters. The number of hydrogen-bond acceptors (Lipinski definition) is 4. The molecule has 0 bridgehead atoms. The first-order chi connectivity index (χ1) is 10.5. The predicted octanol–water partition coefficient (Wildman–Crippen LogP) is 3.89. The summed E-state index contributed by atoms with van der Waals surface area (Å²) in [6, 6.07) is 11.2. The van der Waals surface area contributed by atoms with Crippen LogP contribution in [0.5, 0.6) is 11.5 Å². The summed E-state index contributed by atoms with van der Waals surface area (Å²) in [5.41, 5.74) is 2.87. The van der Waals surface area contributed by atoms with Gasteiger partial charge in [-0.2, -0.15) is 0 Å². The van der Waals surface area contributed by atoms with Gasteiger partial charge in [-0.1, -0.05) is 18.2 Å². The number of carbonyl (C=O) groups is 1. The van der Waals surface area contributed by atoms with Crippen LogP contribution in [0.1, 0.15) is 16.7 Å². The zero-order chi connectivity index (χ0) is 16.1. The van der Waals surface area contributed by atoms with Gasteiger partial charge in [0.1, 0.15) is 18.1 Å². The lowest BCUT2D eigenvalue weighted by atomic mass is 10.1. The van der Waals surface area contributed by atoms with Crippen molar-refractivity contribution in [2.75, 3.05) is 7.05 Å². The van der Waals surface area contributed by atoms with Gasteiger partial charge in [-0.3, -0.25) is 0 Å². The molecule has 1 N–H and O–H groups in total. The van der Waals surface area contributed by atoms with Crippen molar-refractivity contribution in [3.63, 3.8) is 0 Å². The minimum atomic E-state index is -0.501. The first-order valence-electron chi connectivity index (χ1n) is 6.91. The Balaban J connectivity index is 2.15. The summed E-state index contributed by atoms with van der Waals surface area (Å²) in [6.07, 6.45) is -0.501. The Morgan fingerprint density at radius 3 is 2.59 bits per heavy atom. The molecule has 0 aliphatic rings. The fraction of sp³-hybridized carbons (Fsp3) is 0.235. The molecule has 1 amide bonds. The zero-order valence-electron chi connectivity index (χ0n) is 12.8. The second kappa shape index (κ2) is 7.22. The van der Waals surface area contributed by atoms with Crippen LogP contribution >= 0.6 is 12.6 Å². The summed E-state index contributed by atoms with van der Waals surface area (Å²) in [5, 5.41) is 2.43. The third-order valence-corrected chi connectivity index (χ3v) is 3.74. The van der Waals surface area contributed by atoms with Crippen LogP contribution in [0, 0.1) is 13.8 Å². The van der Waals surface area contributed by atoms with Gasteiger partial charge in [-0.15, -0.1) is 12.6 Å². The molecule has 0 saturated carbocycles. The number of amides is 1. The monoisotopic (exact) mass is 317 g/mol. The van der Waals surface area contributed by atoms with Crippen LogP contribution in [-0.4, -0.2) is 13.1 Å². The molecular formula is C17H19NO3S. The number of carbonyl (C=O) groups excluding carboxylic acids is 1. The molecule has 0 radical (unpaired) electrons. The Kier molecular flexibility index (Phi) is 5.33. The largest absolute Gasteiger partial charge is 0.488 e. The molecule has 22 heavy (non-hydrogen) atoms. The Hall–Kier alpha value is -2.14. The normalized spacial score (nSPS) is 10.2. The molecular weight excluding hydrogens is 298 g/mol. The van der Waals surface area contributed by atoms with Crippen LogP contribution in [0.3, 0.4) is 0 Å². The van der Waals surface area contributed by atoms with E-state index in [0.717, 1.165) is 27.3 Å². The van der Waals surface area contributed by atoms with Crippen LogP contribution < -0.4 is 14.8 Å². The third-order valence-electron chi connectivity index (χ3n) is 3.26. The van der Waals surface area contributed by atoms with Crippen molar-refractivity contribution in [1.29, 1.82) is 0 Å². The van der Waals surface area contributed by atoms with E-state index in [2.05, 4.69) is 17.9 Å². The fourth-order valence-electron chi connectivity index (χ4n) is 1.96. The van der Waals surface area contributed by atoms with Gasteiger partial charge in [0.05, 0.1) is 0 Å². The molecule has 2 aromatic rings. The number of rotatable bonds is 4. The van der Waals surface area contributed by atoms with E-state index < -0.39 is 6.09 Å². The van der Waals surface area contributed by atoms with Gasteiger partial charge in [0.15, 0.2) is 0 Å². The van der Waals surface area contributed by atoms with Crippen molar-refractivity contribution in [2.24, 2.45) is 0 Å². The van der Waals surface area contributed by atoms with Crippen molar-refractivity contribution >= 4 is 18.7 Å². The standard InChI is InChI=1S/C17H19NO3S/c1-11-9-16(22)12(2)8-15(11)20-10-13-6-4-5-7-14(13)21-17(19)18-3/h4-9,22H,10H2,1-3H3,(H,18,19). The highest BCUT2D eigenvalue weighted by Crippen LogP contribution is 2.27. The smallest absolute Gasteiger partial charge is 0.412 e. The number of benzene rings is 2. The van der Waals surface area contributed by atoms with Crippen molar-refractivity contribution in [3.8, 4) is 11.5 Å². The van der Waals surface area contributed by atoms with Crippen molar-refractivity contribution in [1.82, 2.24) is 5.32 Å². The maximum atomic E-state index is 11.4. The molecule has 0 fully saturated rings. The summed E-state index contributed by atoms with van der Waals surface area (Å²) in [5.74, 6) is 1.28. The number of hydrogen-bond donors (Lipinski definition) is 2. The van der Waals surface area contributed by atoms with E-state index in [9.17, 15) is 4.79 Å². The van der Waals surface area contributed by atoms with Crippen LogP contribution in [0.25, 0.3) is 0 Å². The molecule has 116 valence electrons. The average molecular weight is 317 g/mol. The second-order valence-electron chi connectivity index (χ2n) is 4.94. The highest BCUT2D eigenvalue weighted by molar-refractivity contribution is 7.80. The molecule has 0 aliphatic heterocycles. The molecule has 2 aromatic carbocycles. The van der Waals surface area contributed by atoms with E-state index in [-0.39, 0.29) is 0 Å². The van der Waals surface area contributed by atoms with Crippen LogP contribution in [0.4, 0.5) is 4.79 Å². The Morgan fingerprint density at radius 2 is 1.86 bits per heavy atom. The van der Waals surface area contributed by atoms with E-state index in [4.69, 9.17) is 9.47 Å². The average Bonchev–Trinajstić information content (AvgIpc) is 2.50. The maximum Gasteiger partial charge on any atom is 0.412 e. The van der Waals surface area contributed by atoms with Crippen molar-refractivity contribution in [3.05, 3.63) is 53.1 Å². The van der Waals surface area contributed by atoms with E-state index >= 15 is 0 Å². The number of para-hydroxylation sites is 1. The van der Waals surface area contributed by atoms with Gasteiger partial charge in [-0.05, 0) is 43.2 Å². The predicted molar refractivity (Wildman–Crippen MR) is 89.0 cm³/mol. The first-order valence-corrected chi connectivity index (χ1v) is 7.36. The number of nitrogens with one attached hydrogen (secondary N) is 1. The molecule has 4 nitrogen and oxygen atoms in total. The second-order valence-corrected chi connectivity index (χ2v) is 5.42. The minimum absolute atomic E-state index is 0.319. The Labute approximate surface area is 135 Å². The molecule has 5 heteroatoms. The first kappa shape index (κ1) is 16.2. The molecule has 0 heterocycles. The summed E-state index contributed by atoms with van der Waals surface area (Å²) in [4.78, 5) is 12.3. The molecule has 0 aliphatic carbocycles. The summed E-state index contributed by atoms with van der Waals surface area (Å²) in [6.45, 7) is 4.28. The minimum Gasteiger partial charge on any atom is -0.488 e. The maximum absolute atomic E-state index is 11.4. The highest BCUT2D eigenvalue weighted by Gasteiger charge is 2.09. The molecule has 0 unspecified atom stereocenters. The summed E-state index contributed by atoms with van der Waals surface area (Å²) < 4.78 is 11.1. The SMILES string of the molecule is CNC(=O)Oc1ccccc1COc1cc(C)c(S)cc1C. The summed E-state index contributed by atoms with van der Waals surface area (Å²) in [7, 11) is 1.52. The van der Waals surface area contributed by atoms with Crippen molar-refractivity contribution < 1.29 is 14.3 Å². The fourth-order valence-corrected chi connectivity index (χ4v) is 2.22. The molecule has 0 aromatic heterocycles. The van der Waals surface area contributed by atoms with Crippen LogP contribution in [0.2, 0.25) is 0 Å². The van der Waals surface area contributed by atoms with Crippen LogP contribution in [0.15, 0.2) is 41.3 Å². The van der Waals surface area contributed by atoms with Gasteiger partial charge in [-0.25, -0.2) is 4.79 Å². The lowest BCUT2D eigenvalue weighted by molar-refractivity contribution is 0.201. The molecule has 2 rings (SSSR count). The van der Waals surface area contributed by atoms with E-state index in [1.54, 1.807) is 6.07 Å². The quantitative estimate of drug-likeness (QED) is 0.841. The van der Waals surface area contributed by atoms with Crippen molar-refractivity contribution in [2.45, 2.75) is 25.3 Å². The third kappa shape index (κ3) is 3.95. The van der Waals surface area contributed by atoms with Gasteiger partial charge in [0.2, 0.25) is 0 Å². The zero-order valence-corrected chi connectivity index (χ0v) is 13.7. The van der Waals surface area contributed by atoms with E-state index in [1.807, 2.05) is 44.2 Å². The van der Waals surface area contributed by atoms with E-state index in [0.29, 0.717) is 12.4 Å². The highest BCUT2D eigenvalue weighted by atomic mass is 32.1. The van der Waals surface area contributed by atoms with Gasteiger partial charge < -0.3 is 14.8 Å². The Bertz CT molecular complexity index is 686. The number of ether oxygens (including phenoxy) is 2. The topological polar surface area (TPSA) is 47.6 Å².